The van der Waals surface area contributed by atoms with E-state index in [1.54, 1.807) is 0 Å². The Kier molecular flexibility index (Phi) is 8.12. The largest absolute Gasteiger partial charge is 0.304 e. The van der Waals surface area contributed by atoms with Gasteiger partial charge in [0.05, 0.1) is 0 Å². The SMILES string of the molecule is Cc1cccc(-c2ccc3c(c2)C(N2CCN(C)CC2)Cc2ccccc2S3)c1.Cl.Cl. The van der Waals surface area contributed by atoms with Crippen LogP contribution in [-0.2, 0) is 6.42 Å². The van der Waals surface area contributed by atoms with Gasteiger partial charge in [-0.25, -0.2) is 0 Å². The Morgan fingerprint density at radius 1 is 0.774 bits per heavy atom. The lowest BCUT2D eigenvalue weighted by Gasteiger charge is -2.38. The summed E-state index contributed by atoms with van der Waals surface area (Å²) in [6, 6.07) is 25.4. The summed E-state index contributed by atoms with van der Waals surface area (Å²) in [5.74, 6) is 0. The number of piperazine rings is 1. The Morgan fingerprint density at radius 3 is 2.29 bits per heavy atom. The van der Waals surface area contributed by atoms with E-state index in [2.05, 4.69) is 90.5 Å². The van der Waals surface area contributed by atoms with E-state index < -0.39 is 0 Å². The molecule has 5 heteroatoms. The normalized spacial score (nSPS) is 18.7. The zero-order valence-corrected chi connectivity index (χ0v) is 20.5. The van der Waals surface area contributed by atoms with Crippen LogP contribution in [0.3, 0.4) is 0 Å². The van der Waals surface area contributed by atoms with Crippen molar-refractivity contribution in [3.8, 4) is 11.1 Å². The second-order valence-corrected chi connectivity index (χ2v) is 9.47. The van der Waals surface area contributed by atoms with Crippen molar-refractivity contribution in [3.63, 3.8) is 0 Å². The summed E-state index contributed by atoms with van der Waals surface area (Å²) in [6.07, 6.45) is 1.09. The summed E-state index contributed by atoms with van der Waals surface area (Å²) >= 11 is 1.94. The zero-order valence-electron chi connectivity index (χ0n) is 18.1. The standard InChI is InChI=1S/C26H28N2S.2ClH/c1-19-6-5-8-20(16-19)21-10-11-26-23(17-21)24(28-14-12-27(2)13-15-28)18-22-7-3-4-9-25(22)29-26;;/h3-11,16-17,24H,12-15,18H2,1-2H3;2*1H. The van der Waals surface area contributed by atoms with Gasteiger partial charge < -0.3 is 4.90 Å². The fourth-order valence-corrected chi connectivity index (χ4v) is 5.69. The Labute approximate surface area is 202 Å². The monoisotopic (exact) mass is 472 g/mol. The van der Waals surface area contributed by atoms with Crippen molar-refractivity contribution in [1.29, 1.82) is 0 Å². The lowest BCUT2D eigenvalue weighted by atomic mass is 9.93. The molecule has 0 spiro atoms. The Bertz CT molecular complexity index is 1030. The number of aryl methyl sites for hydroxylation is 1. The van der Waals surface area contributed by atoms with Gasteiger partial charge in [0.2, 0.25) is 0 Å². The number of fused-ring (bicyclic) bond motifs is 2. The van der Waals surface area contributed by atoms with Gasteiger partial charge in [0.25, 0.3) is 0 Å². The molecule has 5 rings (SSSR count). The van der Waals surface area contributed by atoms with E-state index in [0.29, 0.717) is 6.04 Å². The molecule has 164 valence electrons. The summed E-state index contributed by atoms with van der Waals surface area (Å²) in [6.45, 7) is 6.76. The van der Waals surface area contributed by atoms with E-state index in [1.165, 1.54) is 37.6 Å². The molecule has 1 fully saturated rings. The van der Waals surface area contributed by atoms with Crippen LogP contribution in [-0.4, -0.2) is 43.0 Å². The molecule has 3 aromatic carbocycles. The zero-order chi connectivity index (χ0) is 19.8. The van der Waals surface area contributed by atoms with E-state index in [-0.39, 0.29) is 24.8 Å². The van der Waals surface area contributed by atoms with Crippen molar-refractivity contribution in [1.82, 2.24) is 9.80 Å². The van der Waals surface area contributed by atoms with Gasteiger partial charge in [-0.15, -0.1) is 24.8 Å². The lowest BCUT2D eigenvalue weighted by Crippen LogP contribution is -2.46. The van der Waals surface area contributed by atoms with Crippen molar-refractivity contribution in [2.24, 2.45) is 0 Å². The van der Waals surface area contributed by atoms with E-state index >= 15 is 0 Å². The minimum absolute atomic E-state index is 0. The van der Waals surface area contributed by atoms with Crippen molar-refractivity contribution in [2.45, 2.75) is 29.2 Å². The highest BCUT2D eigenvalue weighted by atomic mass is 35.5. The van der Waals surface area contributed by atoms with E-state index in [4.69, 9.17) is 0 Å². The molecule has 0 aromatic heterocycles. The van der Waals surface area contributed by atoms with Gasteiger partial charge in [-0.1, -0.05) is 65.9 Å². The topological polar surface area (TPSA) is 6.48 Å². The highest BCUT2D eigenvalue weighted by molar-refractivity contribution is 7.99. The number of hydrogen-bond donors (Lipinski definition) is 0. The number of benzene rings is 3. The number of nitrogens with zero attached hydrogens (tertiary/aromatic N) is 2. The number of likely N-dealkylation sites (N-methyl/N-ethyl adjacent to an activating group) is 1. The predicted octanol–water partition coefficient (Wildman–Crippen LogP) is 6.50. The van der Waals surface area contributed by atoms with Crippen molar-refractivity contribution in [3.05, 3.63) is 83.4 Å². The minimum atomic E-state index is 0. The summed E-state index contributed by atoms with van der Waals surface area (Å²) in [5, 5.41) is 0. The van der Waals surface area contributed by atoms with Crippen LogP contribution in [0.2, 0.25) is 0 Å². The molecular formula is C26H30Cl2N2S. The molecule has 1 atom stereocenters. The Balaban J connectivity index is 0.00000136. The first-order chi connectivity index (χ1) is 14.2. The minimum Gasteiger partial charge on any atom is -0.304 e. The van der Waals surface area contributed by atoms with Crippen LogP contribution in [0.15, 0.2) is 76.5 Å². The molecule has 0 amide bonds. The maximum Gasteiger partial charge on any atom is 0.0401 e. The molecular weight excluding hydrogens is 443 g/mol. The summed E-state index contributed by atoms with van der Waals surface area (Å²) in [5.41, 5.74) is 6.94. The second kappa shape index (κ2) is 10.4. The summed E-state index contributed by atoms with van der Waals surface area (Å²) in [4.78, 5) is 7.98. The fraction of sp³-hybridized carbons (Fsp3) is 0.308. The fourth-order valence-electron chi connectivity index (χ4n) is 4.57. The molecule has 0 bridgehead atoms. The van der Waals surface area contributed by atoms with Gasteiger partial charge in [-0.05, 0) is 60.8 Å². The van der Waals surface area contributed by atoms with Gasteiger partial charge in [-0.3, -0.25) is 4.90 Å². The van der Waals surface area contributed by atoms with E-state index in [0.717, 1.165) is 32.6 Å². The maximum atomic E-state index is 2.71. The first kappa shape index (κ1) is 24.2. The first-order valence-corrected chi connectivity index (χ1v) is 11.4. The van der Waals surface area contributed by atoms with Crippen LogP contribution in [0.5, 0.6) is 0 Å². The average Bonchev–Trinajstić information content (AvgIpc) is 2.90. The molecule has 0 saturated carbocycles. The number of rotatable bonds is 2. The van der Waals surface area contributed by atoms with Crippen molar-refractivity contribution in [2.75, 3.05) is 33.2 Å². The molecule has 2 aliphatic rings. The molecule has 2 aliphatic heterocycles. The lowest BCUT2D eigenvalue weighted by molar-refractivity contribution is 0.110. The van der Waals surface area contributed by atoms with Crippen molar-refractivity contribution < 1.29 is 0 Å². The molecule has 0 aliphatic carbocycles. The smallest absolute Gasteiger partial charge is 0.0401 e. The van der Waals surface area contributed by atoms with E-state index in [1.807, 2.05) is 11.8 Å². The molecule has 0 radical (unpaired) electrons. The van der Waals surface area contributed by atoms with Gasteiger partial charge in [0.15, 0.2) is 0 Å². The maximum absolute atomic E-state index is 2.71. The predicted molar refractivity (Wildman–Crippen MR) is 137 cm³/mol. The van der Waals surface area contributed by atoms with Crippen LogP contribution in [0.4, 0.5) is 0 Å². The Morgan fingerprint density at radius 2 is 1.52 bits per heavy atom. The molecule has 31 heavy (non-hydrogen) atoms. The van der Waals surface area contributed by atoms with Crippen LogP contribution in [0, 0.1) is 6.92 Å². The van der Waals surface area contributed by atoms with Gasteiger partial charge in [-0.2, -0.15) is 0 Å². The quantitative estimate of drug-likeness (QED) is 0.420. The molecule has 2 nitrogen and oxygen atoms in total. The average molecular weight is 474 g/mol. The summed E-state index contributed by atoms with van der Waals surface area (Å²) in [7, 11) is 2.24. The number of hydrogen-bond acceptors (Lipinski definition) is 3. The molecule has 1 saturated heterocycles. The molecule has 0 N–H and O–H groups in total. The third-order valence-electron chi connectivity index (χ3n) is 6.30. The second-order valence-electron chi connectivity index (χ2n) is 8.39. The van der Waals surface area contributed by atoms with Gasteiger partial charge in [0.1, 0.15) is 0 Å². The van der Waals surface area contributed by atoms with Crippen LogP contribution >= 0.6 is 36.6 Å². The molecule has 1 unspecified atom stereocenters. The van der Waals surface area contributed by atoms with Crippen LogP contribution < -0.4 is 0 Å². The first-order valence-electron chi connectivity index (χ1n) is 10.6. The third-order valence-corrected chi connectivity index (χ3v) is 7.51. The number of halogens is 2. The van der Waals surface area contributed by atoms with Crippen LogP contribution in [0.25, 0.3) is 11.1 Å². The molecule has 3 aromatic rings. The van der Waals surface area contributed by atoms with Crippen LogP contribution in [0.1, 0.15) is 22.7 Å². The van der Waals surface area contributed by atoms with Crippen molar-refractivity contribution >= 4 is 36.6 Å². The van der Waals surface area contributed by atoms with Gasteiger partial charge >= 0.3 is 0 Å². The highest BCUT2D eigenvalue weighted by Crippen LogP contribution is 2.44. The summed E-state index contributed by atoms with van der Waals surface area (Å²) < 4.78 is 0. The highest BCUT2D eigenvalue weighted by Gasteiger charge is 2.29. The van der Waals surface area contributed by atoms with Gasteiger partial charge in [0, 0.05) is 42.0 Å². The Hall–Kier alpha value is -1.49. The van der Waals surface area contributed by atoms with E-state index in [9.17, 15) is 0 Å². The third kappa shape index (κ3) is 5.13. The molecule has 2 heterocycles.